The second-order valence-corrected chi connectivity index (χ2v) is 3.38. The second kappa shape index (κ2) is 6.82. The first-order valence-corrected chi connectivity index (χ1v) is 5.27. The SMILES string of the molecule is C/C=C/C(=O)NCCCc1ccccc1. The minimum absolute atomic E-state index is 0.00874. The number of amides is 1. The number of aryl methyl sites for hydroxylation is 1. The van der Waals surface area contributed by atoms with Crippen LogP contribution in [0.1, 0.15) is 18.9 Å². The molecule has 0 aliphatic heterocycles. The Labute approximate surface area is 91.0 Å². The Kier molecular flexibility index (Phi) is 5.23. The number of rotatable bonds is 5. The summed E-state index contributed by atoms with van der Waals surface area (Å²) in [7, 11) is 0. The molecule has 0 atom stereocenters. The maximum absolute atomic E-state index is 11.1. The van der Waals surface area contributed by atoms with Crippen molar-refractivity contribution in [3.8, 4) is 0 Å². The van der Waals surface area contributed by atoms with E-state index in [0.29, 0.717) is 0 Å². The van der Waals surface area contributed by atoms with Crippen LogP contribution in [0, 0.1) is 0 Å². The monoisotopic (exact) mass is 203 g/mol. The molecule has 0 aliphatic carbocycles. The van der Waals surface area contributed by atoms with Gasteiger partial charge in [0.2, 0.25) is 5.91 Å². The molecule has 1 amide bonds. The summed E-state index contributed by atoms with van der Waals surface area (Å²) in [6.45, 7) is 2.57. The number of benzene rings is 1. The Balaban J connectivity index is 2.15. The number of hydrogen-bond donors (Lipinski definition) is 1. The van der Waals surface area contributed by atoms with Crippen molar-refractivity contribution in [2.24, 2.45) is 0 Å². The molecule has 0 bridgehead atoms. The van der Waals surface area contributed by atoms with Crippen LogP contribution in [0.5, 0.6) is 0 Å². The number of allylic oxidation sites excluding steroid dienone is 1. The van der Waals surface area contributed by atoms with Crippen LogP contribution in [-0.2, 0) is 11.2 Å². The zero-order valence-electron chi connectivity index (χ0n) is 9.07. The summed E-state index contributed by atoms with van der Waals surface area (Å²) >= 11 is 0. The summed E-state index contributed by atoms with van der Waals surface area (Å²) in [5.74, 6) is -0.00874. The Hall–Kier alpha value is -1.57. The first-order chi connectivity index (χ1) is 7.33. The molecule has 0 heterocycles. The van der Waals surface area contributed by atoms with E-state index in [1.807, 2.05) is 25.1 Å². The number of hydrogen-bond acceptors (Lipinski definition) is 1. The number of carbonyl (C=O) groups is 1. The van der Waals surface area contributed by atoms with Crippen molar-refractivity contribution in [2.45, 2.75) is 19.8 Å². The molecule has 0 radical (unpaired) electrons. The zero-order valence-corrected chi connectivity index (χ0v) is 9.07. The van der Waals surface area contributed by atoms with E-state index in [2.05, 4.69) is 17.4 Å². The molecule has 0 aliphatic rings. The molecule has 0 saturated carbocycles. The smallest absolute Gasteiger partial charge is 0.243 e. The quantitative estimate of drug-likeness (QED) is 0.577. The summed E-state index contributed by atoms with van der Waals surface area (Å²) in [6, 6.07) is 10.3. The molecule has 0 unspecified atom stereocenters. The molecule has 2 heteroatoms. The lowest BCUT2D eigenvalue weighted by Gasteiger charge is -2.02. The van der Waals surface area contributed by atoms with E-state index in [0.717, 1.165) is 19.4 Å². The fraction of sp³-hybridized carbons (Fsp3) is 0.308. The van der Waals surface area contributed by atoms with Crippen LogP contribution in [0.3, 0.4) is 0 Å². The Morgan fingerprint density at radius 2 is 2.07 bits per heavy atom. The molecule has 1 N–H and O–H groups in total. The molecule has 15 heavy (non-hydrogen) atoms. The minimum Gasteiger partial charge on any atom is -0.353 e. The van der Waals surface area contributed by atoms with Gasteiger partial charge < -0.3 is 5.32 Å². The summed E-state index contributed by atoms with van der Waals surface area (Å²) in [6.07, 6.45) is 5.28. The topological polar surface area (TPSA) is 29.1 Å². The van der Waals surface area contributed by atoms with Crippen molar-refractivity contribution in [3.63, 3.8) is 0 Å². The standard InChI is InChI=1S/C13H17NO/c1-2-7-13(15)14-11-6-10-12-8-4-3-5-9-12/h2-5,7-9H,6,10-11H2,1H3,(H,14,15)/b7-2+. The predicted octanol–water partition coefficient (Wildman–Crippen LogP) is 2.31. The average molecular weight is 203 g/mol. The van der Waals surface area contributed by atoms with E-state index in [1.54, 1.807) is 12.2 Å². The van der Waals surface area contributed by atoms with Gasteiger partial charge in [0.25, 0.3) is 0 Å². The highest BCUT2D eigenvalue weighted by molar-refractivity contribution is 5.87. The van der Waals surface area contributed by atoms with E-state index < -0.39 is 0 Å². The largest absolute Gasteiger partial charge is 0.353 e. The highest BCUT2D eigenvalue weighted by Crippen LogP contribution is 2.01. The summed E-state index contributed by atoms with van der Waals surface area (Å²) in [5, 5.41) is 2.83. The van der Waals surface area contributed by atoms with Gasteiger partial charge >= 0.3 is 0 Å². The van der Waals surface area contributed by atoms with Crippen LogP contribution in [0.2, 0.25) is 0 Å². The fourth-order valence-electron chi connectivity index (χ4n) is 1.36. The molecule has 0 aromatic heterocycles. The van der Waals surface area contributed by atoms with Crippen LogP contribution in [0.4, 0.5) is 0 Å². The average Bonchev–Trinajstić information content (AvgIpc) is 2.26. The van der Waals surface area contributed by atoms with Crippen LogP contribution >= 0.6 is 0 Å². The molecule has 2 nitrogen and oxygen atoms in total. The van der Waals surface area contributed by atoms with Crippen molar-refractivity contribution in [1.29, 1.82) is 0 Å². The molecular formula is C13H17NO. The van der Waals surface area contributed by atoms with Gasteiger partial charge in [-0.05, 0) is 31.4 Å². The molecule has 1 rings (SSSR count). The third kappa shape index (κ3) is 5.01. The second-order valence-electron chi connectivity index (χ2n) is 3.38. The Morgan fingerprint density at radius 1 is 1.33 bits per heavy atom. The van der Waals surface area contributed by atoms with Crippen molar-refractivity contribution < 1.29 is 4.79 Å². The van der Waals surface area contributed by atoms with E-state index in [-0.39, 0.29) is 5.91 Å². The number of nitrogens with one attached hydrogen (secondary N) is 1. The molecule has 80 valence electrons. The van der Waals surface area contributed by atoms with E-state index >= 15 is 0 Å². The summed E-state index contributed by atoms with van der Waals surface area (Å²) in [5.41, 5.74) is 1.32. The van der Waals surface area contributed by atoms with Crippen molar-refractivity contribution in [3.05, 3.63) is 48.0 Å². The van der Waals surface area contributed by atoms with Crippen LogP contribution < -0.4 is 5.32 Å². The predicted molar refractivity (Wildman–Crippen MR) is 62.6 cm³/mol. The van der Waals surface area contributed by atoms with Crippen LogP contribution in [-0.4, -0.2) is 12.5 Å². The molecule has 0 spiro atoms. The van der Waals surface area contributed by atoms with Gasteiger partial charge in [0.05, 0.1) is 0 Å². The first kappa shape index (κ1) is 11.5. The lowest BCUT2D eigenvalue weighted by Crippen LogP contribution is -2.22. The third-order valence-electron chi connectivity index (χ3n) is 2.10. The molecule has 0 fully saturated rings. The summed E-state index contributed by atoms with van der Waals surface area (Å²) in [4.78, 5) is 11.1. The normalized spacial score (nSPS) is 10.5. The lowest BCUT2D eigenvalue weighted by atomic mass is 10.1. The highest BCUT2D eigenvalue weighted by atomic mass is 16.1. The van der Waals surface area contributed by atoms with Gasteiger partial charge in [-0.25, -0.2) is 0 Å². The van der Waals surface area contributed by atoms with Gasteiger partial charge in [-0.15, -0.1) is 0 Å². The highest BCUT2D eigenvalue weighted by Gasteiger charge is 1.94. The summed E-state index contributed by atoms with van der Waals surface area (Å²) < 4.78 is 0. The molecule has 1 aromatic rings. The van der Waals surface area contributed by atoms with Gasteiger partial charge in [0.15, 0.2) is 0 Å². The lowest BCUT2D eigenvalue weighted by molar-refractivity contribution is -0.116. The van der Waals surface area contributed by atoms with Gasteiger partial charge in [-0.2, -0.15) is 0 Å². The number of carbonyl (C=O) groups excluding carboxylic acids is 1. The van der Waals surface area contributed by atoms with Crippen molar-refractivity contribution in [2.75, 3.05) is 6.54 Å². The van der Waals surface area contributed by atoms with E-state index in [1.165, 1.54) is 5.56 Å². The maximum atomic E-state index is 11.1. The van der Waals surface area contributed by atoms with Crippen LogP contribution in [0.25, 0.3) is 0 Å². The van der Waals surface area contributed by atoms with Gasteiger partial charge in [0.1, 0.15) is 0 Å². The van der Waals surface area contributed by atoms with Crippen LogP contribution in [0.15, 0.2) is 42.5 Å². The maximum Gasteiger partial charge on any atom is 0.243 e. The van der Waals surface area contributed by atoms with Crippen molar-refractivity contribution >= 4 is 5.91 Å². The molecular weight excluding hydrogens is 186 g/mol. The van der Waals surface area contributed by atoms with Gasteiger partial charge in [0, 0.05) is 6.54 Å². The van der Waals surface area contributed by atoms with Gasteiger partial charge in [-0.1, -0.05) is 36.4 Å². The first-order valence-electron chi connectivity index (χ1n) is 5.27. The van der Waals surface area contributed by atoms with Gasteiger partial charge in [-0.3, -0.25) is 4.79 Å². The van der Waals surface area contributed by atoms with E-state index in [4.69, 9.17) is 0 Å². The van der Waals surface area contributed by atoms with E-state index in [9.17, 15) is 4.79 Å². The molecule has 0 saturated heterocycles. The Bertz CT molecular complexity index is 317. The molecule has 1 aromatic carbocycles. The minimum atomic E-state index is -0.00874. The fourth-order valence-corrected chi connectivity index (χ4v) is 1.36. The Morgan fingerprint density at radius 3 is 2.73 bits per heavy atom. The third-order valence-corrected chi connectivity index (χ3v) is 2.10. The zero-order chi connectivity index (χ0) is 10.9. The van der Waals surface area contributed by atoms with Crippen molar-refractivity contribution in [1.82, 2.24) is 5.32 Å².